The number of amides is 1. The van der Waals surface area contributed by atoms with E-state index in [1.807, 2.05) is 0 Å². The summed E-state index contributed by atoms with van der Waals surface area (Å²) in [5, 5.41) is 19.8. The zero-order valence-electron chi connectivity index (χ0n) is 14.5. The van der Waals surface area contributed by atoms with E-state index in [9.17, 15) is 19.8 Å². The minimum absolute atomic E-state index is 0.0325. The number of ether oxygens (including phenoxy) is 1. The maximum Gasteiger partial charge on any atom is 0.227 e. The van der Waals surface area contributed by atoms with E-state index in [0.29, 0.717) is 37.6 Å². The molecule has 1 unspecified atom stereocenters. The number of carbonyl (C=O) groups is 1. The maximum atomic E-state index is 12.7. The van der Waals surface area contributed by atoms with Crippen molar-refractivity contribution >= 4 is 5.91 Å². The predicted octanol–water partition coefficient (Wildman–Crippen LogP) is 1.74. The molecule has 0 radical (unpaired) electrons. The summed E-state index contributed by atoms with van der Waals surface area (Å²) in [6.45, 7) is 3.60. The van der Waals surface area contributed by atoms with Crippen molar-refractivity contribution in [2.75, 3.05) is 26.3 Å². The largest absolute Gasteiger partial charge is 0.508 e. The number of rotatable bonds is 4. The molecule has 0 aliphatic carbocycles. The number of aryl methyl sites for hydroxylation is 1. The molecule has 26 heavy (non-hydrogen) atoms. The molecule has 0 bridgehead atoms. The van der Waals surface area contributed by atoms with Gasteiger partial charge >= 0.3 is 0 Å². The second-order valence-corrected chi connectivity index (χ2v) is 6.28. The Kier molecular flexibility index (Phi) is 5.27. The molecule has 1 amide bonds. The van der Waals surface area contributed by atoms with Crippen molar-refractivity contribution in [3.63, 3.8) is 0 Å². The number of benzene rings is 1. The summed E-state index contributed by atoms with van der Waals surface area (Å²) in [6, 6.07) is 7.48. The summed E-state index contributed by atoms with van der Waals surface area (Å²) in [5.41, 5.74) is 0.111. The number of nitrogens with zero attached hydrogens (tertiary/aromatic N) is 1. The van der Waals surface area contributed by atoms with Crippen LogP contribution in [0.4, 0.5) is 0 Å². The molecular formula is C19H21NO6. The van der Waals surface area contributed by atoms with Gasteiger partial charge in [-0.25, -0.2) is 0 Å². The van der Waals surface area contributed by atoms with Crippen molar-refractivity contribution in [1.82, 2.24) is 4.90 Å². The monoisotopic (exact) mass is 359 g/mol. The van der Waals surface area contributed by atoms with Crippen molar-refractivity contribution in [1.29, 1.82) is 0 Å². The Balaban J connectivity index is 1.98. The number of aromatic hydroxyl groups is 2. The first-order chi connectivity index (χ1) is 12.5. The van der Waals surface area contributed by atoms with Crippen molar-refractivity contribution < 1.29 is 24.2 Å². The molecule has 0 spiro atoms. The van der Waals surface area contributed by atoms with E-state index >= 15 is 0 Å². The Bertz CT molecular complexity index is 836. The predicted molar refractivity (Wildman–Crippen MR) is 93.3 cm³/mol. The lowest BCUT2D eigenvalue weighted by Crippen LogP contribution is -2.41. The minimum atomic E-state index is -0.640. The second-order valence-electron chi connectivity index (χ2n) is 6.28. The number of morpholine rings is 1. The molecule has 7 heteroatoms. The van der Waals surface area contributed by atoms with Gasteiger partial charge in [0, 0.05) is 25.6 Å². The summed E-state index contributed by atoms with van der Waals surface area (Å²) in [7, 11) is 0. The van der Waals surface area contributed by atoms with Crippen LogP contribution < -0.4 is 5.43 Å². The molecule has 1 aliphatic rings. The van der Waals surface area contributed by atoms with Gasteiger partial charge in [-0.05, 0) is 24.6 Å². The lowest BCUT2D eigenvalue weighted by Gasteiger charge is -2.28. The zero-order chi connectivity index (χ0) is 18.7. The summed E-state index contributed by atoms with van der Waals surface area (Å²) in [5.74, 6) is -0.758. The van der Waals surface area contributed by atoms with Crippen LogP contribution in [0, 0.1) is 6.92 Å². The standard InChI is InChI=1S/C19H21NO6/c1-12-10-16(22)18(24)19(26-12)15(13-2-4-14(21)5-3-13)11-17(23)20-6-8-25-9-7-20/h2-5,10,15,21,24H,6-9,11H2,1H3. The van der Waals surface area contributed by atoms with E-state index in [0.717, 1.165) is 0 Å². The van der Waals surface area contributed by atoms with Gasteiger partial charge in [0.1, 0.15) is 11.5 Å². The normalized spacial score (nSPS) is 15.7. The fourth-order valence-electron chi connectivity index (χ4n) is 3.05. The van der Waals surface area contributed by atoms with Gasteiger partial charge in [-0.15, -0.1) is 0 Å². The Morgan fingerprint density at radius 2 is 1.85 bits per heavy atom. The molecule has 1 atom stereocenters. The minimum Gasteiger partial charge on any atom is -0.508 e. The SMILES string of the molecule is Cc1cc(=O)c(O)c(C(CC(=O)N2CCOCC2)c2ccc(O)cc2)o1. The zero-order valence-corrected chi connectivity index (χ0v) is 14.5. The van der Waals surface area contributed by atoms with E-state index in [1.54, 1.807) is 24.0 Å². The summed E-state index contributed by atoms with van der Waals surface area (Å²) in [4.78, 5) is 26.4. The van der Waals surface area contributed by atoms with Gasteiger partial charge in [0.05, 0.1) is 19.1 Å². The topological polar surface area (TPSA) is 100 Å². The third-order valence-electron chi connectivity index (χ3n) is 4.43. The first-order valence-electron chi connectivity index (χ1n) is 8.43. The van der Waals surface area contributed by atoms with Gasteiger partial charge in [0.2, 0.25) is 17.1 Å². The summed E-state index contributed by atoms with van der Waals surface area (Å²) in [6.07, 6.45) is 0.0325. The van der Waals surface area contributed by atoms with Crippen LogP contribution in [0.2, 0.25) is 0 Å². The van der Waals surface area contributed by atoms with Crippen molar-refractivity contribution in [2.24, 2.45) is 0 Å². The van der Waals surface area contributed by atoms with Gasteiger partial charge in [-0.2, -0.15) is 0 Å². The Labute approximate surface area is 150 Å². The molecule has 3 rings (SSSR count). The van der Waals surface area contributed by atoms with E-state index in [4.69, 9.17) is 9.15 Å². The van der Waals surface area contributed by atoms with Gasteiger partial charge in [-0.1, -0.05) is 12.1 Å². The number of phenolic OH excluding ortho intramolecular Hbond substituents is 1. The first-order valence-corrected chi connectivity index (χ1v) is 8.43. The average Bonchev–Trinajstić information content (AvgIpc) is 2.64. The van der Waals surface area contributed by atoms with Gasteiger partial charge < -0.3 is 24.3 Å². The van der Waals surface area contributed by atoms with E-state index in [1.165, 1.54) is 18.2 Å². The number of hydrogen-bond donors (Lipinski definition) is 2. The van der Waals surface area contributed by atoms with Crippen molar-refractivity contribution in [3.8, 4) is 11.5 Å². The fourth-order valence-corrected chi connectivity index (χ4v) is 3.05. The lowest BCUT2D eigenvalue weighted by molar-refractivity contribution is -0.135. The molecule has 2 N–H and O–H groups in total. The Hall–Kier alpha value is -2.80. The maximum absolute atomic E-state index is 12.7. The summed E-state index contributed by atoms with van der Waals surface area (Å²) < 4.78 is 10.9. The molecule has 2 heterocycles. The molecule has 1 fully saturated rings. The molecule has 7 nitrogen and oxygen atoms in total. The van der Waals surface area contributed by atoms with Crippen LogP contribution in [0.25, 0.3) is 0 Å². The highest BCUT2D eigenvalue weighted by molar-refractivity contribution is 5.78. The molecule has 0 saturated carbocycles. The molecule has 138 valence electrons. The van der Waals surface area contributed by atoms with Crippen molar-refractivity contribution in [2.45, 2.75) is 19.3 Å². The van der Waals surface area contributed by atoms with Gasteiger partial charge in [-0.3, -0.25) is 9.59 Å². The Morgan fingerprint density at radius 1 is 1.19 bits per heavy atom. The van der Waals surface area contributed by atoms with Crippen LogP contribution in [-0.2, 0) is 9.53 Å². The fraction of sp³-hybridized carbons (Fsp3) is 0.368. The van der Waals surface area contributed by atoms with Crippen LogP contribution in [-0.4, -0.2) is 47.3 Å². The highest BCUT2D eigenvalue weighted by atomic mass is 16.5. The van der Waals surface area contributed by atoms with Gasteiger partial charge in [0.15, 0.2) is 5.76 Å². The van der Waals surface area contributed by atoms with Crippen LogP contribution in [0.3, 0.4) is 0 Å². The van der Waals surface area contributed by atoms with Crippen LogP contribution in [0.15, 0.2) is 39.5 Å². The third kappa shape index (κ3) is 3.88. The van der Waals surface area contributed by atoms with Crippen LogP contribution >= 0.6 is 0 Å². The first kappa shape index (κ1) is 18.0. The van der Waals surface area contributed by atoms with E-state index in [-0.39, 0.29) is 23.8 Å². The molecular weight excluding hydrogens is 338 g/mol. The number of phenols is 1. The van der Waals surface area contributed by atoms with Crippen LogP contribution in [0.5, 0.6) is 11.5 Å². The highest BCUT2D eigenvalue weighted by Gasteiger charge is 2.28. The molecule has 1 aliphatic heterocycles. The second kappa shape index (κ2) is 7.61. The van der Waals surface area contributed by atoms with Crippen LogP contribution in [0.1, 0.15) is 29.4 Å². The van der Waals surface area contributed by atoms with Crippen molar-refractivity contribution in [3.05, 3.63) is 57.6 Å². The smallest absolute Gasteiger partial charge is 0.227 e. The van der Waals surface area contributed by atoms with Gasteiger partial charge in [0.25, 0.3) is 0 Å². The van der Waals surface area contributed by atoms with E-state index < -0.39 is 17.1 Å². The molecule has 2 aromatic rings. The third-order valence-corrected chi connectivity index (χ3v) is 4.43. The number of hydrogen-bond acceptors (Lipinski definition) is 6. The average molecular weight is 359 g/mol. The molecule has 1 aromatic heterocycles. The summed E-state index contributed by atoms with van der Waals surface area (Å²) >= 11 is 0. The molecule has 1 aromatic carbocycles. The Morgan fingerprint density at radius 3 is 2.50 bits per heavy atom. The lowest BCUT2D eigenvalue weighted by atomic mass is 9.91. The quantitative estimate of drug-likeness (QED) is 0.862. The molecule has 1 saturated heterocycles. The van der Waals surface area contributed by atoms with E-state index in [2.05, 4.69) is 0 Å². The number of carbonyl (C=O) groups excluding carboxylic acids is 1. The highest BCUT2D eigenvalue weighted by Crippen LogP contribution is 2.34.